The van der Waals surface area contributed by atoms with Crippen LogP contribution in [0.4, 0.5) is 4.39 Å². The summed E-state index contributed by atoms with van der Waals surface area (Å²) in [5, 5.41) is 4.24. The van der Waals surface area contributed by atoms with Gasteiger partial charge in [0.05, 0.1) is 6.20 Å². The Morgan fingerprint density at radius 3 is 2.41 bits per heavy atom. The Kier molecular flexibility index (Phi) is 5.54. The number of hydrogen-bond acceptors (Lipinski definition) is 4. The van der Waals surface area contributed by atoms with Crippen molar-refractivity contribution in [2.24, 2.45) is 0 Å². The molecule has 0 radical (unpaired) electrons. The first-order valence-corrected chi connectivity index (χ1v) is 9.11. The van der Waals surface area contributed by atoms with Crippen LogP contribution in [-0.4, -0.2) is 50.3 Å². The van der Waals surface area contributed by atoms with E-state index in [4.69, 9.17) is 4.74 Å². The van der Waals surface area contributed by atoms with E-state index in [2.05, 4.69) is 5.10 Å². The molecule has 0 spiro atoms. The van der Waals surface area contributed by atoms with Crippen LogP contribution in [0.15, 0.2) is 55.0 Å². The number of carbonyl (C=O) groups excluding carboxylic acids is 2. The molecule has 0 fully saturated rings. The van der Waals surface area contributed by atoms with Gasteiger partial charge in [-0.1, -0.05) is 12.1 Å². The molecule has 1 aromatic carbocycles. The van der Waals surface area contributed by atoms with Crippen LogP contribution in [0.2, 0.25) is 0 Å². The van der Waals surface area contributed by atoms with E-state index in [9.17, 15) is 14.0 Å². The van der Waals surface area contributed by atoms with E-state index >= 15 is 0 Å². The predicted molar refractivity (Wildman–Crippen MR) is 106 cm³/mol. The van der Waals surface area contributed by atoms with Crippen molar-refractivity contribution in [1.82, 2.24) is 19.2 Å². The summed E-state index contributed by atoms with van der Waals surface area (Å²) in [6.45, 7) is 5.06. The van der Waals surface area contributed by atoms with E-state index in [1.54, 1.807) is 68.1 Å². The third-order valence-corrected chi connectivity index (χ3v) is 4.04. The molecule has 3 rings (SSSR count). The molecule has 7 nitrogen and oxygen atoms in total. The first-order chi connectivity index (χ1) is 13.7. The van der Waals surface area contributed by atoms with Crippen molar-refractivity contribution in [2.75, 3.05) is 13.6 Å². The summed E-state index contributed by atoms with van der Waals surface area (Å²) >= 11 is 0. The Balaban J connectivity index is 1.97. The molecule has 3 aromatic rings. The number of benzene rings is 1. The molecule has 2 aromatic heterocycles. The van der Waals surface area contributed by atoms with Gasteiger partial charge in [-0.25, -0.2) is 9.07 Å². The highest BCUT2D eigenvalue weighted by atomic mass is 19.1. The number of halogens is 1. The van der Waals surface area contributed by atoms with Crippen molar-refractivity contribution in [2.45, 2.75) is 26.4 Å². The quantitative estimate of drug-likeness (QED) is 0.619. The summed E-state index contributed by atoms with van der Waals surface area (Å²) in [5.74, 6) is -1.04. The zero-order valence-electron chi connectivity index (χ0n) is 16.8. The minimum absolute atomic E-state index is 0.213. The fourth-order valence-corrected chi connectivity index (χ4v) is 2.86. The number of hydrogen-bond donors (Lipinski definition) is 0. The number of esters is 1. The lowest BCUT2D eigenvalue weighted by Gasteiger charge is -2.22. The van der Waals surface area contributed by atoms with Crippen molar-refractivity contribution in [1.29, 1.82) is 0 Å². The molecular formula is C21H23FN4O3. The summed E-state index contributed by atoms with van der Waals surface area (Å²) in [4.78, 5) is 26.4. The molecule has 0 atom stereocenters. The number of nitrogens with zero attached hydrogens (tertiary/aromatic N) is 4. The minimum atomic E-state index is -0.646. The fourth-order valence-electron chi connectivity index (χ4n) is 2.86. The highest BCUT2D eigenvalue weighted by Crippen LogP contribution is 2.22. The van der Waals surface area contributed by atoms with Crippen LogP contribution in [0.5, 0.6) is 0 Å². The number of likely N-dealkylation sites (N-methyl/N-ethyl adjacent to an activating group) is 1. The second-order valence-corrected chi connectivity index (χ2v) is 7.58. The standard InChI is InChI=1S/C21H23FN4O3/c1-21(2,3)29-18(27)14-24(4)20(28)15-13-23-26(17-10-6-5-9-16(17)22)19(15)25-11-7-8-12-25/h5-13H,14H2,1-4H3. The van der Waals surface area contributed by atoms with E-state index in [1.165, 1.54) is 28.9 Å². The van der Waals surface area contributed by atoms with Crippen molar-refractivity contribution >= 4 is 11.9 Å². The van der Waals surface area contributed by atoms with Crippen LogP contribution in [-0.2, 0) is 9.53 Å². The second-order valence-electron chi connectivity index (χ2n) is 7.58. The van der Waals surface area contributed by atoms with E-state index in [1.807, 2.05) is 0 Å². The summed E-state index contributed by atoms with van der Waals surface area (Å²) in [6.07, 6.45) is 4.84. The minimum Gasteiger partial charge on any atom is -0.459 e. The number of ether oxygens (including phenoxy) is 1. The molecule has 0 aliphatic carbocycles. The first-order valence-electron chi connectivity index (χ1n) is 9.11. The molecule has 0 saturated heterocycles. The van der Waals surface area contributed by atoms with E-state index in [0.29, 0.717) is 5.82 Å². The largest absolute Gasteiger partial charge is 0.459 e. The average Bonchev–Trinajstić information content (AvgIpc) is 3.29. The van der Waals surface area contributed by atoms with Crippen molar-refractivity contribution < 1.29 is 18.7 Å². The zero-order chi connectivity index (χ0) is 21.2. The van der Waals surface area contributed by atoms with E-state index in [0.717, 1.165) is 0 Å². The molecule has 0 saturated carbocycles. The summed E-state index contributed by atoms with van der Waals surface area (Å²) in [5.41, 5.74) is -0.201. The van der Waals surface area contributed by atoms with Gasteiger partial charge in [0.1, 0.15) is 29.2 Å². The molecule has 152 valence electrons. The number of carbonyl (C=O) groups is 2. The van der Waals surface area contributed by atoms with Crippen molar-refractivity contribution in [3.63, 3.8) is 0 Å². The number of amides is 1. The smallest absolute Gasteiger partial charge is 0.326 e. The van der Waals surface area contributed by atoms with E-state index < -0.39 is 23.3 Å². The fraction of sp³-hybridized carbons (Fsp3) is 0.286. The molecule has 0 bridgehead atoms. The Morgan fingerprint density at radius 1 is 1.14 bits per heavy atom. The predicted octanol–water partition coefficient (Wildman–Crippen LogP) is 3.22. The lowest BCUT2D eigenvalue weighted by molar-refractivity contribution is -0.155. The third kappa shape index (κ3) is 4.53. The summed E-state index contributed by atoms with van der Waals surface area (Å²) in [7, 11) is 1.51. The average molecular weight is 398 g/mol. The topological polar surface area (TPSA) is 69.4 Å². The zero-order valence-corrected chi connectivity index (χ0v) is 16.8. The molecule has 0 aliphatic rings. The van der Waals surface area contributed by atoms with E-state index in [-0.39, 0.29) is 17.8 Å². The summed E-state index contributed by atoms with van der Waals surface area (Å²) < 4.78 is 22.7. The van der Waals surface area contributed by atoms with Gasteiger partial charge in [0.25, 0.3) is 5.91 Å². The number of rotatable bonds is 5. The lowest BCUT2D eigenvalue weighted by atomic mass is 10.2. The maximum atomic E-state index is 14.4. The Hall–Kier alpha value is -3.42. The van der Waals surface area contributed by atoms with Crippen LogP contribution >= 0.6 is 0 Å². The Labute approximate surface area is 168 Å². The number of aromatic nitrogens is 3. The monoisotopic (exact) mass is 398 g/mol. The molecule has 0 unspecified atom stereocenters. The van der Waals surface area contributed by atoms with Gasteiger partial charge in [0.2, 0.25) is 0 Å². The van der Waals surface area contributed by atoms with Gasteiger partial charge >= 0.3 is 5.97 Å². The molecule has 29 heavy (non-hydrogen) atoms. The van der Waals surface area contributed by atoms with Crippen LogP contribution in [0.3, 0.4) is 0 Å². The summed E-state index contributed by atoms with van der Waals surface area (Å²) in [6, 6.07) is 9.75. The van der Waals surface area contributed by atoms with Crippen LogP contribution in [0.1, 0.15) is 31.1 Å². The Morgan fingerprint density at radius 2 is 1.79 bits per heavy atom. The lowest BCUT2D eigenvalue weighted by Crippen LogP contribution is -2.36. The molecule has 8 heteroatoms. The molecular weight excluding hydrogens is 375 g/mol. The molecule has 0 N–H and O–H groups in total. The van der Waals surface area contributed by atoms with Gasteiger partial charge in [-0.05, 0) is 45.0 Å². The van der Waals surface area contributed by atoms with Crippen molar-refractivity contribution in [3.05, 3.63) is 66.4 Å². The van der Waals surface area contributed by atoms with Gasteiger partial charge in [0, 0.05) is 19.4 Å². The maximum absolute atomic E-state index is 14.4. The van der Waals surface area contributed by atoms with Gasteiger partial charge in [-0.15, -0.1) is 0 Å². The number of para-hydroxylation sites is 1. The maximum Gasteiger partial charge on any atom is 0.326 e. The van der Waals surface area contributed by atoms with Gasteiger partial charge < -0.3 is 14.2 Å². The molecule has 0 aliphatic heterocycles. The van der Waals surface area contributed by atoms with Crippen molar-refractivity contribution in [3.8, 4) is 11.5 Å². The normalized spacial score (nSPS) is 11.3. The van der Waals surface area contributed by atoms with Gasteiger partial charge in [-0.2, -0.15) is 5.10 Å². The molecule has 1 amide bonds. The first kappa shape index (κ1) is 20.3. The van der Waals surface area contributed by atoms with Gasteiger partial charge in [0.15, 0.2) is 5.82 Å². The van der Waals surface area contributed by atoms with Crippen LogP contribution in [0, 0.1) is 5.82 Å². The van der Waals surface area contributed by atoms with Crippen LogP contribution < -0.4 is 0 Å². The Bertz CT molecular complexity index is 1020. The SMILES string of the molecule is CN(CC(=O)OC(C)(C)C)C(=O)c1cnn(-c2ccccc2F)c1-n1cccc1. The van der Waals surface area contributed by atoms with Gasteiger partial charge in [-0.3, -0.25) is 9.59 Å². The highest BCUT2D eigenvalue weighted by Gasteiger charge is 2.26. The second kappa shape index (κ2) is 7.90. The third-order valence-electron chi connectivity index (χ3n) is 4.04. The van der Waals surface area contributed by atoms with Crippen LogP contribution in [0.25, 0.3) is 11.5 Å². The molecule has 2 heterocycles. The highest BCUT2D eigenvalue weighted by molar-refractivity contribution is 5.98.